The minimum atomic E-state index is -0.524. The lowest BCUT2D eigenvalue weighted by Gasteiger charge is -2.24. The van der Waals surface area contributed by atoms with Crippen LogP contribution >= 0.6 is 0 Å². The second kappa shape index (κ2) is 6.82. The highest BCUT2D eigenvalue weighted by atomic mass is 16.6. The summed E-state index contributed by atoms with van der Waals surface area (Å²) in [6.07, 6.45) is 0.360. The molecule has 2 heterocycles. The fourth-order valence-corrected chi connectivity index (χ4v) is 2.82. The minimum absolute atomic E-state index is 0.0896. The van der Waals surface area contributed by atoms with E-state index in [1.54, 1.807) is 23.1 Å². The van der Waals surface area contributed by atoms with Gasteiger partial charge in [0, 0.05) is 24.7 Å². The van der Waals surface area contributed by atoms with E-state index in [9.17, 15) is 9.59 Å². The Kier molecular flexibility index (Phi) is 4.74. The Morgan fingerprint density at radius 2 is 1.92 bits per heavy atom. The molecule has 1 saturated heterocycles. The normalized spacial score (nSPS) is 19.5. The molecule has 7 nitrogen and oxygen atoms in total. The number of likely N-dealkylation sites (tertiary alicyclic amines) is 1. The van der Waals surface area contributed by atoms with E-state index in [2.05, 4.69) is 5.32 Å². The quantitative estimate of drug-likeness (QED) is 0.887. The van der Waals surface area contributed by atoms with Crippen LogP contribution in [0.15, 0.2) is 18.2 Å². The summed E-state index contributed by atoms with van der Waals surface area (Å²) in [4.78, 5) is 26.2. The lowest BCUT2D eigenvalue weighted by molar-refractivity contribution is 0.0290. The number of nitrogens with zero attached hydrogens (tertiary/aromatic N) is 1. The van der Waals surface area contributed by atoms with Gasteiger partial charge in [-0.3, -0.25) is 4.79 Å². The number of hydrogen-bond acceptors (Lipinski definition) is 5. The van der Waals surface area contributed by atoms with Gasteiger partial charge in [0.05, 0.1) is 0 Å². The number of fused-ring (bicyclic) bond motifs is 1. The molecule has 136 valence electrons. The zero-order chi connectivity index (χ0) is 18.0. The number of rotatable bonds is 2. The van der Waals surface area contributed by atoms with Crippen LogP contribution in [0, 0.1) is 0 Å². The fourth-order valence-electron chi connectivity index (χ4n) is 2.82. The van der Waals surface area contributed by atoms with E-state index in [4.69, 9.17) is 14.2 Å². The molecule has 3 rings (SSSR count). The van der Waals surface area contributed by atoms with E-state index >= 15 is 0 Å². The van der Waals surface area contributed by atoms with Gasteiger partial charge in [-0.25, -0.2) is 4.79 Å². The van der Waals surface area contributed by atoms with Crippen molar-refractivity contribution in [3.8, 4) is 11.5 Å². The summed E-state index contributed by atoms with van der Waals surface area (Å²) in [6.45, 7) is 7.52. The van der Waals surface area contributed by atoms with E-state index in [0.29, 0.717) is 49.8 Å². The van der Waals surface area contributed by atoms with Crippen LogP contribution in [0.4, 0.5) is 4.79 Å². The van der Waals surface area contributed by atoms with Crippen molar-refractivity contribution in [3.05, 3.63) is 23.8 Å². The van der Waals surface area contributed by atoms with Gasteiger partial charge >= 0.3 is 6.09 Å². The number of benzene rings is 1. The van der Waals surface area contributed by atoms with Crippen molar-refractivity contribution in [1.29, 1.82) is 0 Å². The molecular formula is C18H24N2O5. The Labute approximate surface area is 147 Å². The van der Waals surface area contributed by atoms with Gasteiger partial charge in [0.25, 0.3) is 5.91 Å². The fraction of sp³-hybridized carbons (Fsp3) is 0.556. The number of amides is 2. The van der Waals surface area contributed by atoms with Gasteiger partial charge in [0.15, 0.2) is 11.5 Å². The van der Waals surface area contributed by atoms with Gasteiger partial charge < -0.3 is 24.4 Å². The van der Waals surface area contributed by atoms with Gasteiger partial charge in [-0.05, 0) is 45.4 Å². The third-order valence-electron chi connectivity index (χ3n) is 3.98. The molecule has 1 atom stereocenters. The first-order valence-electron chi connectivity index (χ1n) is 8.50. The molecule has 7 heteroatoms. The van der Waals surface area contributed by atoms with Crippen LogP contribution in [0.25, 0.3) is 0 Å². The number of ether oxygens (including phenoxy) is 3. The molecule has 1 aromatic rings. The standard InChI is InChI=1S/C18H24N2O5/c1-18(2,3)25-17(22)20-7-6-13(11-20)19-16(21)12-4-5-14-15(10-12)24-9-8-23-14/h4-5,10,13H,6-9,11H2,1-3H3,(H,19,21). The summed E-state index contributed by atoms with van der Waals surface area (Å²) >= 11 is 0. The van der Waals surface area contributed by atoms with E-state index in [-0.39, 0.29) is 18.0 Å². The van der Waals surface area contributed by atoms with E-state index in [1.165, 1.54) is 0 Å². The maximum Gasteiger partial charge on any atom is 0.410 e. The number of carbonyl (C=O) groups excluding carboxylic acids is 2. The molecule has 2 aliphatic rings. The molecule has 1 aromatic carbocycles. The Morgan fingerprint density at radius 3 is 2.64 bits per heavy atom. The van der Waals surface area contributed by atoms with Crippen molar-refractivity contribution in [2.75, 3.05) is 26.3 Å². The Hall–Kier alpha value is -2.44. The average molecular weight is 348 g/mol. The maximum atomic E-state index is 12.4. The monoisotopic (exact) mass is 348 g/mol. The zero-order valence-corrected chi connectivity index (χ0v) is 14.8. The molecule has 25 heavy (non-hydrogen) atoms. The van der Waals surface area contributed by atoms with Crippen LogP contribution in [-0.4, -0.2) is 54.8 Å². The van der Waals surface area contributed by atoms with Crippen LogP contribution in [0.2, 0.25) is 0 Å². The van der Waals surface area contributed by atoms with Crippen LogP contribution in [0.5, 0.6) is 11.5 Å². The summed E-state index contributed by atoms with van der Waals surface area (Å²) < 4.78 is 16.3. The van der Waals surface area contributed by atoms with Crippen molar-refractivity contribution in [2.45, 2.75) is 38.8 Å². The van der Waals surface area contributed by atoms with Crippen molar-refractivity contribution in [3.63, 3.8) is 0 Å². The Morgan fingerprint density at radius 1 is 1.20 bits per heavy atom. The maximum absolute atomic E-state index is 12.4. The molecule has 0 radical (unpaired) electrons. The summed E-state index contributed by atoms with van der Waals surface area (Å²) in [6, 6.07) is 5.05. The number of nitrogens with one attached hydrogen (secondary N) is 1. The number of hydrogen-bond donors (Lipinski definition) is 1. The van der Waals surface area contributed by atoms with Crippen LogP contribution < -0.4 is 14.8 Å². The summed E-state index contributed by atoms with van der Waals surface area (Å²) in [5, 5.41) is 2.96. The smallest absolute Gasteiger partial charge is 0.410 e. The lowest BCUT2D eigenvalue weighted by Crippen LogP contribution is -2.40. The highest BCUT2D eigenvalue weighted by molar-refractivity contribution is 5.95. The van der Waals surface area contributed by atoms with E-state index in [1.807, 2.05) is 20.8 Å². The third kappa shape index (κ3) is 4.35. The minimum Gasteiger partial charge on any atom is -0.486 e. The molecule has 0 spiro atoms. The molecule has 1 unspecified atom stereocenters. The third-order valence-corrected chi connectivity index (χ3v) is 3.98. The first-order valence-corrected chi connectivity index (χ1v) is 8.50. The van der Waals surface area contributed by atoms with Crippen molar-refractivity contribution < 1.29 is 23.8 Å². The molecule has 0 aliphatic carbocycles. The molecule has 0 bridgehead atoms. The second-order valence-corrected chi connectivity index (χ2v) is 7.24. The van der Waals surface area contributed by atoms with Crippen LogP contribution in [0.1, 0.15) is 37.6 Å². The van der Waals surface area contributed by atoms with Crippen molar-refractivity contribution >= 4 is 12.0 Å². The van der Waals surface area contributed by atoms with Crippen LogP contribution in [0.3, 0.4) is 0 Å². The average Bonchev–Trinajstić information content (AvgIpc) is 3.01. The van der Waals surface area contributed by atoms with E-state index < -0.39 is 5.60 Å². The van der Waals surface area contributed by atoms with Gasteiger partial charge in [-0.1, -0.05) is 0 Å². The Balaban J connectivity index is 1.56. The summed E-state index contributed by atoms with van der Waals surface area (Å²) in [5.41, 5.74) is -0.0103. The predicted molar refractivity (Wildman–Crippen MR) is 91.1 cm³/mol. The van der Waals surface area contributed by atoms with Gasteiger partial charge in [-0.2, -0.15) is 0 Å². The van der Waals surface area contributed by atoms with Gasteiger partial charge in [0.1, 0.15) is 18.8 Å². The Bertz CT molecular complexity index is 668. The molecule has 0 saturated carbocycles. The molecule has 1 N–H and O–H groups in total. The van der Waals surface area contributed by atoms with Gasteiger partial charge in [0.2, 0.25) is 0 Å². The molecule has 2 amide bonds. The van der Waals surface area contributed by atoms with Crippen molar-refractivity contribution in [2.24, 2.45) is 0 Å². The highest BCUT2D eigenvalue weighted by Gasteiger charge is 2.30. The molecular weight excluding hydrogens is 324 g/mol. The predicted octanol–water partition coefficient (Wildman–Crippen LogP) is 2.20. The van der Waals surface area contributed by atoms with Crippen LogP contribution in [-0.2, 0) is 4.74 Å². The first kappa shape index (κ1) is 17.4. The lowest BCUT2D eigenvalue weighted by atomic mass is 10.1. The second-order valence-electron chi connectivity index (χ2n) is 7.24. The van der Waals surface area contributed by atoms with E-state index in [0.717, 1.165) is 0 Å². The topological polar surface area (TPSA) is 77.1 Å². The molecule has 1 fully saturated rings. The highest BCUT2D eigenvalue weighted by Crippen LogP contribution is 2.30. The zero-order valence-electron chi connectivity index (χ0n) is 14.8. The molecule has 2 aliphatic heterocycles. The van der Waals surface area contributed by atoms with Gasteiger partial charge in [-0.15, -0.1) is 0 Å². The first-order chi connectivity index (χ1) is 11.8. The molecule has 0 aromatic heterocycles. The number of carbonyl (C=O) groups is 2. The largest absolute Gasteiger partial charge is 0.486 e. The summed E-state index contributed by atoms with van der Waals surface area (Å²) in [5.74, 6) is 1.05. The SMILES string of the molecule is CC(C)(C)OC(=O)N1CCC(NC(=O)c2ccc3c(c2)OCCO3)C1. The van der Waals surface area contributed by atoms with Crippen molar-refractivity contribution in [1.82, 2.24) is 10.2 Å². The summed E-state index contributed by atoms with van der Waals surface area (Å²) in [7, 11) is 0.